The molecule has 0 aliphatic carbocycles. The lowest BCUT2D eigenvalue weighted by atomic mass is 10.1. The predicted molar refractivity (Wildman–Crippen MR) is 62.6 cm³/mol. The summed E-state index contributed by atoms with van der Waals surface area (Å²) in [6, 6.07) is 0. The van der Waals surface area contributed by atoms with Crippen LogP contribution in [0.5, 0.6) is 0 Å². The number of likely N-dealkylation sites (N-methyl/N-ethyl adjacent to an activating group) is 2. The van der Waals surface area contributed by atoms with Gasteiger partial charge in [-0.3, -0.25) is 0 Å². The van der Waals surface area contributed by atoms with E-state index < -0.39 is 0 Å². The van der Waals surface area contributed by atoms with Gasteiger partial charge in [0.15, 0.2) is 0 Å². The van der Waals surface area contributed by atoms with E-state index in [0.29, 0.717) is 0 Å². The summed E-state index contributed by atoms with van der Waals surface area (Å²) in [5.41, 5.74) is 0. The molecule has 0 amide bonds. The molecule has 4 heterocycles. The van der Waals surface area contributed by atoms with Crippen molar-refractivity contribution in [1.82, 2.24) is 9.80 Å². The molecule has 0 bridgehead atoms. The second-order valence-electron chi connectivity index (χ2n) is 6.75. The van der Waals surface area contributed by atoms with Crippen molar-refractivity contribution in [1.29, 1.82) is 0 Å². The topological polar surface area (TPSA) is 6.48 Å². The Morgan fingerprint density at radius 3 is 1.31 bits per heavy atom. The van der Waals surface area contributed by atoms with Gasteiger partial charge in [-0.15, -0.1) is 0 Å². The highest BCUT2D eigenvalue weighted by molar-refractivity contribution is 4.90. The van der Waals surface area contributed by atoms with Gasteiger partial charge < -0.3 is 8.97 Å². The van der Waals surface area contributed by atoms with Crippen LogP contribution < -0.4 is 0 Å². The largest absolute Gasteiger partial charge is 0.303 e. The van der Waals surface area contributed by atoms with Crippen molar-refractivity contribution >= 4 is 0 Å². The zero-order chi connectivity index (χ0) is 11.0. The minimum Gasteiger partial charge on any atom is -0.303 e. The highest BCUT2D eigenvalue weighted by Crippen LogP contribution is 2.40. The third-order valence-electron chi connectivity index (χ3n) is 5.88. The summed E-state index contributed by atoms with van der Waals surface area (Å²) in [5, 5.41) is 0. The molecule has 4 aliphatic rings. The summed E-state index contributed by atoms with van der Waals surface area (Å²) < 4.78 is 2.66. The van der Waals surface area contributed by atoms with Gasteiger partial charge in [-0.05, 0) is 0 Å². The van der Waals surface area contributed by atoms with Gasteiger partial charge in [0.25, 0.3) is 0 Å². The van der Waals surface area contributed by atoms with E-state index in [1.807, 2.05) is 0 Å². The highest BCUT2D eigenvalue weighted by Gasteiger charge is 2.64. The van der Waals surface area contributed by atoms with Gasteiger partial charge in [0.05, 0.1) is 66.5 Å². The lowest BCUT2D eigenvalue weighted by molar-refractivity contribution is -1.01. The fraction of sp³-hybridized carbons (Fsp3) is 1.00. The molecule has 4 rings (SSSR count). The van der Waals surface area contributed by atoms with E-state index in [1.54, 1.807) is 0 Å². The molecule has 4 fully saturated rings. The summed E-state index contributed by atoms with van der Waals surface area (Å²) in [4.78, 5) is 5.56. The lowest BCUT2D eigenvalue weighted by Gasteiger charge is -2.54. The van der Waals surface area contributed by atoms with E-state index in [2.05, 4.69) is 23.9 Å². The van der Waals surface area contributed by atoms with E-state index in [1.165, 1.54) is 61.3 Å². The van der Waals surface area contributed by atoms with Gasteiger partial charge in [0.1, 0.15) is 0 Å². The van der Waals surface area contributed by atoms with Crippen molar-refractivity contribution in [3.8, 4) is 0 Å². The van der Waals surface area contributed by atoms with Gasteiger partial charge in [-0.25, -0.2) is 9.80 Å². The SMILES string of the molecule is C[N@+]12CCN3CC[N@+]4(C)CCN(CC1)[C@H]4[C@H]32. The molecule has 4 heteroatoms. The average Bonchev–Trinajstić information content (AvgIpc) is 2.76. The number of nitrogens with zero attached hydrogens (tertiary/aromatic N) is 4. The smallest absolute Gasteiger partial charge is 0.214 e. The third kappa shape index (κ3) is 0.997. The van der Waals surface area contributed by atoms with Gasteiger partial charge >= 0.3 is 0 Å². The number of hydrogen-bond donors (Lipinski definition) is 0. The molecule has 0 aromatic rings. The molecule has 0 radical (unpaired) electrons. The van der Waals surface area contributed by atoms with Crippen LogP contribution in [0.2, 0.25) is 0 Å². The van der Waals surface area contributed by atoms with Crippen molar-refractivity contribution in [3.63, 3.8) is 0 Å². The maximum atomic E-state index is 2.78. The molecule has 0 aromatic heterocycles. The van der Waals surface area contributed by atoms with Crippen LogP contribution >= 0.6 is 0 Å². The molecule has 90 valence electrons. The normalized spacial score (nSPS) is 56.6. The summed E-state index contributed by atoms with van der Waals surface area (Å²) in [6.07, 6.45) is 1.60. The fourth-order valence-corrected chi connectivity index (χ4v) is 4.74. The minimum atomic E-state index is 0.801. The average molecular weight is 224 g/mol. The first-order chi connectivity index (χ1) is 7.62. The van der Waals surface area contributed by atoms with Gasteiger partial charge in [-0.1, -0.05) is 0 Å². The first-order valence-corrected chi connectivity index (χ1v) is 6.79. The van der Waals surface area contributed by atoms with E-state index in [4.69, 9.17) is 0 Å². The molecular formula is C12H24N4+2. The van der Waals surface area contributed by atoms with Gasteiger partial charge in [0.2, 0.25) is 12.3 Å². The highest BCUT2D eigenvalue weighted by atomic mass is 15.7. The van der Waals surface area contributed by atoms with Crippen LogP contribution in [0.1, 0.15) is 0 Å². The monoisotopic (exact) mass is 224 g/mol. The summed E-state index contributed by atoms with van der Waals surface area (Å²) in [7, 11) is 4.99. The van der Waals surface area contributed by atoms with Crippen LogP contribution in [0.4, 0.5) is 0 Å². The van der Waals surface area contributed by atoms with E-state index in [0.717, 1.165) is 12.3 Å². The molecule has 0 N–H and O–H groups in total. The van der Waals surface area contributed by atoms with Crippen molar-refractivity contribution in [2.45, 2.75) is 12.3 Å². The number of quaternary nitrogens is 2. The van der Waals surface area contributed by atoms with Crippen LogP contribution in [0.3, 0.4) is 0 Å². The molecule has 4 aliphatic heterocycles. The molecule has 0 saturated carbocycles. The number of rotatable bonds is 0. The van der Waals surface area contributed by atoms with Crippen LogP contribution in [-0.2, 0) is 0 Å². The van der Waals surface area contributed by atoms with Crippen molar-refractivity contribution in [2.75, 3.05) is 66.5 Å². The Morgan fingerprint density at radius 1 is 0.688 bits per heavy atom. The Bertz CT molecular complexity index is 301. The minimum absolute atomic E-state index is 0.801. The zero-order valence-corrected chi connectivity index (χ0v) is 10.6. The Labute approximate surface area is 98.2 Å². The molecule has 16 heavy (non-hydrogen) atoms. The standard InChI is InChI=1S/C12H24N4/c1-15-7-3-13-6-10-16(2)8-4-14(5-9-15)12(16)11(13)15/h11-12H,3-10H2,1-2H3/q+2/t11-,12-,15+,16+/m1/s1. The fourth-order valence-electron chi connectivity index (χ4n) is 4.74. The molecule has 4 saturated heterocycles. The zero-order valence-electron chi connectivity index (χ0n) is 10.6. The van der Waals surface area contributed by atoms with Crippen molar-refractivity contribution in [3.05, 3.63) is 0 Å². The second kappa shape index (κ2) is 2.80. The van der Waals surface area contributed by atoms with Gasteiger partial charge in [-0.2, -0.15) is 0 Å². The lowest BCUT2D eigenvalue weighted by Crippen LogP contribution is -2.76. The Balaban J connectivity index is 1.80. The summed E-state index contributed by atoms with van der Waals surface area (Å²) >= 11 is 0. The molecule has 0 aromatic carbocycles. The maximum absolute atomic E-state index is 2.78. The van der Waals surface area contributed by atoms with Crippen LogP contribution in [0.25, 0.3) is 0 Å². The molecular weight excluding hydrogens is 200 g/mol. The van der Waals surface area contributed by atoms with Crippen LogP contribution in [-0.4, -0.2) is 97.6 Å². The molecule has 0 spiro atoms. The van der Waals surface area contributed by atoms with E-state index in [-0.39, 0.29) is 0 Å². The van der Waals surface area contributed by atoms with Crippen LogP contribution in [0, 0.1) is 0 Å². The third-order valence-corrected chi connectivity index (χ3v) is 5.88. The van der Waals surface area contributed by atoms with Crippen molar-refractivity contribution in [2.24, 2.45) is 0 Å². The Hall–Kier alpha value is -0.160. The number of piperazine rings is 2. The Morgan fingerprint density at radius 2 is 1.00 bits per heavy atom. The second-order valence-corrected chi connectivity index (χ2v) is 6.75. The quantitative estimate of drug-likeness (QED) is 0.497. The Kier molecular flexibility index (Phi) is 1.72. The summed E-state index contributed by atoms with van der Waals surface area (Å²) in [6.45, 7) is 10.9. The molecule has 4 nitrogen and oxygen atoms in total. The molecule has 2 atom stereocenters. The van der Waals surface area contributed by atoms with E-state index in [9.17, 15) is 0 Å². The first-order valence-electron chi connectivity index (χ1n) is 6.79. The molecule has 0 unspecified atom stereocenters. The summed E-state index contributed by atoms with van der Waals surface area (Å²) in [5.74, 6) is 0. The predicted octanol–water partition coefficient (Wildman–Crippen LogP) is -0.810. The van der Waals surface area contributed by atoms with E-state index >= 15 is 0 Å². The van der Waals surface area contributed by atoms with Gasteiger partial charge in [0, 0.05) is 0 Å². The van der Waals surface area contributed by atoms with Crippen LogP contribution in [0.15, 0.2) is 0 Å². The number of hydrogen-bond acceptors (Lipinski definition) is 2. The van der Waals surface area contributed by atoms with Crippen molar-refractivity contribution < 1.29 is 8.97 Å². The maximum Gasteiger partial charge on any atom is 0.214 e. The first kappa shape index (κ1) is 9.83.